The van der Waals surface area contributed by atoms with E-state index in [-0.39, 0.29) is 12.5 Å². The van der Waals surface area contributed by atoms with Crippen molar-refractivity contribution < 1.29 is 35.1 Å². The molecule has 1 aromatic heterocycles. The van der Waals surface area contributed by atoms with Gasteiger partial charge in [-0.25, -0.2) is 4.98 Å². The van der Waals surface area contributed by atoms with Crippen LogP contribution in [0.3, 0.4) is 0 Å². The summed E-state index contributed by atoms with van der Waals surface area (Å²) >= 11 is 0.970. The topological polar surface area (TPSA) is 17.8 Å². The van der Waals surface area contributed by atoms with E-state index < -0.39 is 27.3 Å². The summed E-state index contributed by atoms with van der Waals surface area (Å²) in [6.07, 6.45) is 0.959. The number of aromatic nitrogens is 2. The molecule has 0 amide bonds. The van der Waals surface area contributed by atoms with Gasteiger partial charge in [0.15, 0.2) is 0 Å². The van der Waals surface area contributed by atoms with Gasteiger partial charge in [0.1, 0.15) is 0 Å². The minimum Gasteiger partial charge on any atom is -0.272 e. The molecule has 0 aromatic carbocycles. The fourth-order valence-corrected chi connectivity index (χ4v) is 1.20. The number of nitrogens with zero attached hydrogens (tertiary/aromatic N) is 2. The molecule has 0 aliphatic rings. The summed E-state index contributed by atoms with van der Waals surface area (Å²) in [6.45, 7) is 0. The van der Waals surface area contributed by atoms with Crippen molar-refractivity contribution in [2.24, 2.45) is 0 Å². The van der Waals surface area contributed by atoms with Gasteiger partial charge in [-0.3, -0.25) is 4.57 Å². The van der Waals surface area contributed by atoms with Gasteiger partial charge in [-0.15, -0.1) is 0 Å². The smallest absolute Gasteiger partial charge is 0.272 e. The Labute approximate surface area is 103 Å². The van der Waals surface area contributed by atoms with E-state index in [9.17, 15) is 35.1 Å². The van der Waals surface area contributed by atoms with E-state index in [0.717, 1.165) is 15.9 Å². The Morgan fingerprint density at radius 1 is 0.889 bits per heavy atom. The molecular formula is C7H3BrF8N2. The SMILES string of the molecule is FC(F)(Br)C(F)(F)C(F)(F)C(F)(F)n1ccnc1. The van der Waals surface area contributed by atoms with Crippen LogP contribution < -0.4 is 0 Å². The van der Waals surface area contributed by atoms with Crippen LogP contribution in [0, 0.1) is 0 Å². The first kappa shape index (κ1) is 15.2. The van der Waals surface area contributed by atoms with Gasteiger partial charge < -0.3 is 0 Å². The largest absolute Gasteiger partial charge is 0.399 e. The zero-order valence-corrected chi connectivity index (χ0v) is 9.61. The van der Waals surface area contributed by atoms with Crippen LogP contribution in [0.2, 0.25) is 0 Å². The highest BCUT2D eigenvalue weighted by Crippen LogP contribution is 2.56. The van der Waals surface area contributed by atoms with Gasteiger partial charge in [0.25, 0.3) is 0 Å². The molecule has 0 spiro atoms. The van der Waals surface area contributed by atoms with Crippen LogP contribution in [0.1, 0.15) is 0 Å². The number of hydrogen-bond donors (Lipinski definition) is 0. The maximum absolute atomic E-state index is 13.1. The predicted octanol–water partition coefficient (Wildman–Crippen LogP) is 3.69. The van der Waals surface area contributed by atoms with Gasteiger partial charge in [0.2, 0.25) is 0 Å². The standard InChI is InChI=1S/C7H3BrF8N2/c8-6(13,14)4(9,10)5(11,12)7(15,16)18-2-1-17-3-18/h1-3H. The number of halogens is 9. The molecule has 2 nitrogen and oxygen atoms in total. The summed E-state index contributed by atoms with van der Waals surface area (Å²) in [5, 5.41) is 0. The van der Waals surface area contributed by atoms with E-state index in [4.69, 9.17) is 0 Å². The normalized spacial score (nSPS) is 14.9. The fourth-order valence-electron chi connectivity index (χ4n) is 0.954. The van der Waals surface area contributed by atoms with Crippen LogP contribution in [-0.2, 0) is 6.05 Å². The second-order valence-corrected chi connectivity index (χ2v) is 4.15. The molecule has 18 heavy (non-hydrogen) atoms. The van der Waals surface area contributed by atoms with Crippen LogP contribution in [0.25, 0.3) is 0 Å². The molecule has 0 bridgehead atoms. The first-order valence-corrected chi connectivity index (χ1v) is 4.83. The van der Waals surface area contributed by atoms with Crippen LogP contribution in [0.15, 0.2) is 18.7 Å². The lowest BCUT2D eigenvalue weighted by molar-refractivity contribution is -0.370. The highest BCUT2D eigenvalue weighted by Gasteiger charge is 2.81. The Morgan fingerprint density at radius 3 is 1.72 bits per heavy atom. The number of hydrogen-bond acceptors (Lipinski definition) is 1. The van der Waals surface area contributed by atoms with E-state index in [0.29, 0.717) is 6.20 Å². The van der Waals surface area contributed by atoms with Gasteiger partial charge >= 0.3 is 22.7 Å². The van der Waals surface area contributed by atoms with Crippen molar-refractivity contribution in [3.8, 4) is 0 Å². The molecule has 0 aliphatic carbocycles. The minimum atomic E-state index is -6.34. The third-order valence-electron chi connectivity index (χ3n) is 1.96. The fraction of sp³-hybridized carbons (Fsp3) is 0.571. The third kappa shape index (κ3) is 1.97. The Kier molecular flexibility index (Phi) is 3.43. The summed E-state index contributed by atoms with van der Waals surface area (Å²) in [4.78, 5) is -2.55. The summed E-state index contributed by atoms with van der Waals surface area (Å²) in [6, 6.07) is -5.58. The number of alkyl halides is 9. The molecule has 1 aromatic rings. The first-order chi connectivity index (χ1) is 7.86. The van der Waals surface area contributed by atoms with E-state index in [1.807, 2.05) is 0 Å². The molecule has 1 rings (SSSR count). The second-order valence-electron chi connectivity index (χ2n) is 3.16. The monoisotopic (exact) mass is 346 g/mol. The summed E-state index contributed by atoms with van der Waals surface area (Å²) in [5.41, 5.74) is 0. The molecule has 0 radical (unpaired) electrons. The first-order valence-electron chi connectivity index (χ1n) is 4.04. The van der Waals surface area contributed by atoms with Crippen molar-refractivity contribution in [2.45, 2.75) is 22.7 Å². The van der Waals surface area contributed by atoms with Gasteiger partial charge in [0.05, 0.1) is 6.33 Å². The number of imidazole rings is 1. The molecule has 0 aliphatic heterocycles. The van der Waals surface area contributed by atoms with Gasteiger partial charge in [-0.05, 0) is 15.9 Å². The third-order valence-corrected chi connectivity index (χ3v) is 2.45. The molecule has 0 saturated carbocycles. The lowest BCUT2D eigenvalue weighted by Crippen LogP contribution is -2.60. The van der Waals surface area contributed by atoms with E-state index >= 15 is 0 Å². The Morgan fingerprint density at radius 2 is 1.39 bits per heavy atom. The van der Waals surface area contributed by atoms with Crippen molar-refractivity contribution in [1.29, 1.82) is 0 Å². The van der Waals surface area contributed by atoms with Crippen molar-refractivity contribution in [3.05, 3.63) is 18.7 Å². The van der Waals surface area contributed by atoms with Crippen LogP contribution in [0.5, 0.6) is 0 Å². The van der Waals surface area contributed by atoms with E-state index in [1.165, 1.54) is 0 Å². The predicted molar refractivity (Wildman–Crippen MR) is 46.2 cm³/mol. The van der Waals surface area contributed by atoms with Crippen LogP contribution in [0.4, 0.5) is 35.1 Å². The number of rotatable bonds is 4. The molecule has 104 valence electrons. The molecule has 0 N–H and O–H groups in total. The zero-order chi connectivity index (χ0) is 14.4. The van der Waals surface area contributed by atoms with E-state index in [2.05, 4.69) is 4.98 Å². The summed E-state index contributed by atoms with van der Waals surface area (Å²) in [7, 11) is 0. The molecule has 0 unspecified atom stereocenters. The zero-order valence-electron chi connectivity index (χ0n) is 8.03. The van der Waals surface area contributed by atoms with Crippen molar-refractivity contribution in [2.75, 3.05) is 0 Å². The maximum atomic E-state index is 13.1. The molecule has 0 atom stereocenters. The highest BCUT2D eigenvalue weighted by atomic mass is 79.9. The van der Waals surface area contributed by atoms with Crippen molar-refractivity contribution in [1.82, 2.24) is 9.55 Å². The van der Waals surface area contributed by atoms with Gasteiger partial charge in [-0.2, -0.15) is 35.1 Å². The Hall–Kier alpha value is -0.870. The quantitative estimate of drug-likeness (QED) is 0.600. The molecule has 0 fully saturated rings. The lowest BCUT2D eigenvalue weighted by atomic mass is 10.1. The van der Waals surface area contributed by atoms with Gasteiger partial charge in [-0.1, -0.05) is 0 Å². The minimum absolute atomic E-state index is 0.108. The highest BCUT2D eigenvalue weighted by molar-refractivity contribution is 9.10. The molecule has 1 heterocycles. The van der Waals surface area contributed by atoms with Crippen LogP contribution in [-0.4, -0.2) is 26.2 Å². The maximum Gasteiger partial charge on any atom is 0.399 e. The summed E-state index contributed by atoms with van der Waals surface area (Å²) in [5.74, 6) is -12.7. The average molecular weight is 347 g/mol. The van der Waals surface area contributed by atoms with Crippen molar-refractivity contribution >= 4 is 15.9 Å². The Bertz CT molecular complexity index is 410. The van der Waals surface area contributed by atoms with Crippen LogP contribution >= 0.6 is 15.9 Å². The second kappa shape index (κ2) is 4.07. The Balaban J connectivity index is 3.30. The van der Waals surface area contributed by atoms with Crippen molar-refractivity contribution in [3.63, 3.8) is 0 Å². The lowest BCUT2D eigenvalue weighted by Gasteiger charge is -2.34. The molecule has 0 saturated heterocycles. The summed E-state index contributed by atoms with van der Waals surface area (Å²) < 4.78 is 102. The average Bonchev–Trinajstić information content (AvgIpc) is 2.68. The molecule has 11 heteroatoms. The van der Waals surface area contributed by atoms with Gasteiger partial charge in [0, 0.05) is 12.4 Å². The van der Waals surface area contributed by atoms with E-state index in [1.54, 1.807) is 0 Å². The molecular weight excluding hydrogens is 344 g/mol.